The lowest BCUT2D eigenvalue weighted by molar-refractivity contribution is -0.176. The van der Waals surface area contributed by atoms with Crippen LogP contribution in [-0.4, -0.2) is 35.7 Å². The summed E-state index contributed by atoms with van der Waals surface area (Å²) in [5, 5.41) is 8.88. The molecule has 0 aliphatic heterocycles. The first kappa shape index (κ1) is 25.2. The van der Waals surface area contributed by atoms with Crippen LogP contribution in [0.15, 0.2) is 23.3 Å². The Hall–Kier alpha value is -2.11. The zero-order chi connectivity index (χ0) is 23.4. The number of carboxylic acids is 1. The molecule has 0 aromatic carbocycles. The molecule has 0 unspecified atom stereocenters. The Labute approximate surface area is 186 Å². The summed E-state index contributed by atoms with van der Waals surface area (Å²) in [4.78, 5) is 33.8. The zero-order valence-electron chi connectivity index (χ0n) is 19.8. The van der Waals surface area contributed by atoms with E-state index in [9.17, 15) is 14.4 Å². The lowest BCUT2D eigenvalue weighted by Gasteiger charge is -2.59. The third-order valence-electron chi connectivity index (χ3n) is 7.61. The van der Waals surface area contributed by atoms with Crippen LogP contribution >= 0.6 is 0 Å². The van der Waals surface area contributed by atoms with Crippen LogP contribution < -0.4 is 0 Å². The Bertz CT molecular complexity index is 762. The molecule has 0 heterocycles. The third kappa shape index (κ3) is 5.98. The normalized spacial score (nSPS) is 30.1. The Kier molecular flexibility index (Phi) is 8.12. The predicted molar refractivity (Wildman–Crippen MR) is 118 cm³/mol. The van der Waals surface area contributed by atoms with E-state index in [1.807, 2.05) is 6.08 Å². The van der Waals surface area contributed by atoms with Crippen molar-refractivity contribution in [2.45, 2.75) is 86.2 Å². The summed E-state index contributed by atoms with van der Waals surface area (Å²) in [6, 6.07) is 0. The predicted octanol–water partition coefficient (Wildman–Crippen LogP) is 5.07. The average molecular weight is 435 g/mol. The summed E-state index contributed by atoms with van der Waals surface area (Å²) in [5.41, 5.74) is 2.49. The number of esters is 2. The van der Waals surface area contributed by atoms with Crippen LogP contribution in [0.3, 0.4) is 0 Å². The van der Waals surface area contributed by atoms with Gasteiger partial charge in [0.2, 0.25) is 0 Å². The SMILES string of the molecule is CC(=O)OC/C=C(\C)CC[C@@H]1C(C)=CC[C@@H]2C(C)(C)[C@@H](OC(=O)CC(=O)O)CC[C@@]12C. The molecule has 0 saturated heterocycles. The molecule has 0 aromatic heterocycles. The molecule has 2 rings (SSSR count). The number of rotatable bonds is 8. The molecule has 0 radical (unpaired) electrons. The molecule has 6 heteroatoms. The Morgan fingerprint density at radius 3 is 2.52 bits per heavy atom. The molecule has 1 saturated carbocycles. The molecule has 1 N–H and O–H groups in total. The molecule has 0 bridgehead atoms. The number of carboxylic acid groups (broad SMARTS) is 1. The number of aliphatic carboxylic acids is 1. The smallest absolute Gasteiger partial charge is 0.317 e. The number of carbonyl (C=O) groups excluding carboxylic acids is 2. The van der Waals surface area contributed by atoms with E-state index >= 15 is 0 Å². The Balaban J connectivity index is 2.13. The monoisotopic (exact) mass is 434 g/mol. The molecule has 2 aliphatic carbocycles. The summed E-state index contributed by atoms with van der Waals surface area (Å²) < 4.78 is 10.7. The number of allylic oxidation sites excluding steroid dienone is 3. The molecule has 0 aromatic rings. The first-order valence-electron chi connectivity index (χ1n) is 11.2. The second-order valence-corrected chi connectivity index (χ2v) is 10.1. The standard InChI is InChI=1S/C25H38O6/c1-16(12-14-30-18(3)26)7-9-19-17(2)8-10-20-24(4,5)21(11-13-25(19,20)6)31-23(29)15-22(27)28/h8,12,19-21H,7,9-11,13-15H2,1-6H3,(H,27,28)/b16-12+/t19-,20-,21+,25+/m1/s1. The minimum atomic E-state index is -1.16. The number of hydrogen-bond acceptors (Lipinski definition) is 5. The summed E-state index contributed by atoms with van der Waals surface area (Å²) in [6.07, 6.45) is 8.05. The van der Waals surface area contributed by atoms with Gasteiger partial charge >= 0.3 is 17.9 Å². The van der Waals surface area contributed by atoms with Crippen molar-refractivity contribution >= 4 is 17.9 Å². The van der Waals surface area contributed by atoms with Gasteiger partial charge in [0.1, 0.15) is 19.1 Å². The van der Waals surface area contributed by atoms with Crippen LogP contribution in [0.1, 0.15) is 80.1 Å². The molecule has 4 atom stereocenters. The van der Waals surface area contributed by atoms with Gasteiger partial charge in [-0.15, -0.1) is 0 Å². The third-order valence-corrected chi connectivity index (χ3v) is 7.61. The molecule has 31 heavy (non-hydrogen) atoms. The van der Waals surface area contributed by atoms with Gasteiger partial charge in [0, 0.05) is 12.3 Å². The second kappa shape index (κ2) is 10.0. The largest absolute Gasteiger partial charge is 0.481 e. The first-order chi connectivity index (χ1) is 14.4. The minimum Gasteiger partial charge on any atom is -0.481 e. The van der Waals surface area contributed by atoms with E-state index in [0.717, 1.165) is 32.1 Å². The molecule has 6 nitrogen and oxygen atoms in total. The van der Waals surface area contributed by atoms with Gasteiger partial charge in [-0.2, -0.15) is 0 Å². The van der Waals surface area contributed by atoms with Crippen LogP contribution in [0, 0.1) is 22.7 Å². The van der Waals surface area contributed by atoms with E-state index in [0.29, 0.717) is 18.4 Å². The van der Waals surface area contributed by atoms with Gasteiger partial charge in [0.05, 0.1) is 0 Å². The van der Waals surface area contributed by atoms with Crippen molar-refractivity contribution in [1.82, 2.24) is 0 Å². The van der Waals surface area contributed by atoms with Crippen LogP contribution in [0.5, 0.6) is 0 Å². The molecule has 0 spiro atoms. The topological polar surface area (TPSA) is 89.9 Å². The highest BCUT2D eigenvalue weighted by molar-refractivity contribution is 5.90. The van der Waals surface area contributed by atoms with Crippen LogP contribution in [0.4, 0.5) is 0 Å². The number of fused-ring (bicyclic) bond motifs is 1. The highest BCUT2D eigenvalue weighted by atomic mass is 16.5. The van der Waals surface area contributed by atoms with Crippen molar-refractivity contribution in [3.8, 4) is 0 Å². The average Bonchev–Trinajstić information content (AvgIpc) is 2.62. The summed E-state index contributed by atoms with van der Waals surface area (Å²) in [6.45, 7) is 12.7. The molecule has 2 aliphatic rings. The van der Waals surface area contributed by atoms with E-state index < -0.39 is 18.4 Å². The summed E-state index contributed by atoms with van der Waals surface area (Å²) in [7, 11) is 0. The van der Waals surface area contributed by atoms with Gasteiger partial charge in [-0.3, -0.25) is 14.4 Å². The van der Waals surface area contributed by atoms with Crippen molar-refractivity contribution in [1.29, 1.82) is 0 Å². The first-order valence-corrected chi connectivity index (χ1v) is 11.2. The van der Waals surface area contributed by atoms with E-state index in [4.69, 9.17) is 14.6 Å². The van der Waals surface area contributed by atoms with E-state index in [1.165, 1.54) is 18.1 Å². The fraction of sp³-hybridized carbons (Fsp3) is 0.720. The number of ether oxygens (including phenoxy) is 2. The van der Waals surface area contributed by atoms with Gasteiger partial charge < -0.3 is 14.6 Å². The van der Waals surface area contributed by atoms with Crippen LogP contribution in [-0.2, 0) is 23.9 Å². The molecule has 0 amide bonds. The minimum absolute atomic E-state index is 0.0915. The Morgan fingerprint density at radius 2 is 1.90 bits per heavy atom. The summed E-state index contributed by atoms with van der Waals surface area (Å²) in [5.74, 6) is -1.30. The van der Waals surface area contributed by atoms with Crippen molar-refractivity contribution in [2.75, 3.05) is 6.61 Å². The number of carbonyl (C=O) groups is 3. The highest BCUT2D eigenvalue weighted by Crippen LogP contribution is 2.61. The van der Waals surface area contributed by atoms with Gasteiger partial charge in [0.25, 0.3) is 0 Å². The molecule has 1 fully saturated rings. The highest BCUT2D eigenvalue weighted by Gasteiger charge is 2.56. The van der Waals surface area contributed by atoms with Gasteiger partial charge in [-0.1, -0.05) is 38.0 Å². The van der Waals surface area contributed by atoms with Crippen LogP contribution in [0.2, 0.25) is 0 Å². The van der Waals surface area contributed by atoms with Crippen LogP contribution in [0.25, 0.3) is 0 Å². The lowest BCUT2D eigenvalue weighted by atomic mass is 9.47. The number of hydrogen-bond donors (Lipinski definition) is 1. The Morgan fingerprint density at radius 1 is 1.23 bits per heavy atom. The maximum absolute atomic E-state index is 12.0. The molecular weight excluding hydrogens is 396 g/mol. The van der Waals surface area contributed by atoms with Gasteiger partial charge in [-0.05, 0) is 69.3 Å². The van der Waals surface area contributed by atoms with Crippen molar-refractivity contribution in [2.24, 2.45) is 22.7 Å². The zero-order valence-corrected chi connectivity index (χ0v) is 19.8. The van der Waals surface area contributed by atoms with E-state index in [1.54, 1.807) is 0 Å². The summed E-state index contributed by atoms with van der Waals surface area (Å²) >= 11 is 0. The van der Waals surface area contributed by atoms with Gasteiger partial charge in [-0.25, -0.2) is 0 Å². The van der Waals surface area contributed by atoms with E-state index in [-0.39, 0.29) is 22.9 Å². The van der Waals surface area contributed by atoms with E-state index in [2.05, 4.69) is 40.7 Å². The lowest BCUT2D eigenvalue weighted by Crippen LogP contribution is -2.55. The fourth-order valence-corrected chi connectivity index (χ4v) is 5.89. The maximum atomic E-state index is 12.0. The van der Waals surface area contributed by atoms with Crippen molar-refractivity contribution in [3.63, 3.8) is 0 Å². The van der Waals surface area contributed by atoms with Gasteiger partial charge in [0.15, 0.2) is 0 Å². The molecular formula is C25H38O6. The quantitative estimate of drug-likeness (QED) is 0.326. The van der Waals surface area contributed by atoms with Crippen molar-refractivity contribution in [3.05, 3.63) is 23.3 Å². The fourth-order valence-electron chi connectivity index (χ4n) is 5.89. The molecule has 174 valence electrons. The second-order valence-electron chi connectivity index (χ2n) is 10.1. The van der Waals surface area contributed by atoms with Crippen molar-refractivity contribution < 1.29 is 29.0 Å². The maximum Gasteiger partial charge on any atom is 0.317 e.